The van der Waals surface area contributed by atoms with Crippen LogP contribution < -0.4 is 5.32 Å². The van der Waals surface area contributed by atoms with Gasteiger partial charge in [0.15, 0.2) is 0 Å². The summed E-state index contributed by atoms with van der Waals surface area (Å²) in [5.74, 6) is 0.444. The maximum atomic E-state index is 10.5. The molecule has 1 amide bonds. The van der Waals surface area contributed by atoms with Crippen LogP contribution in [-0.2, 0) is 4.79 Å². The number of hydrogen-bond donors (Lipinski definition) is 1. The second-order valence-electron chi connectivity index (χ2n) is 2.23. The molecule has 0 saturated heterocycles. The van der Waals surface area contributed by atoms with Crippen molar-refractivity contribution < 1.29 is 4.79 Å². The summed E-state index contributed by atoms with van der Waals surface area (Å²) in [4.78, 5) is 14.5. The Morgan fingerprint density at radius 3 is 2.82 bits per heavy atom. The standard InChI is InChI=1S/C8H9N2O/c1-6-3-4-8(9-5-6)10-7(2)11/h3-5H,1H2,2H3,(H,9,10,11). The van der Waals surface area contributed by atoms with Gasteiger partial charge in [-0.25, -0.2) is 4.98 Å². The first-order chi connectivity index (χ1) is 5.18. The van der Waals surface area contributed by atoms with E-state index in [1.165, 1.54) is 6.92 Å². The van der Waals surface area contributed by atoms with Gasteiger partial charge in [0.1, 0.15) is 5.82 Å². The highest BCUT2D eigenvalue weighted by atomic mass is 16.1. The van der Waals surface area contributed by atoms with E-state index < -0.39 is 0 Å². The van der Waals surface area contributed by atoms with Gasteiger partial charge in [0.05, 0.1) is 0 Å². The predicted molar refractivity (Wildman–Crippen MR) is 43.0 cm³/mol. The second kappa shape index (κ2) is 3.14. The zero-order valence-corrected chi connectivity index (χ0v) is 6.29. The van der Waals surface area contributed by atoms with Crippen LogP contribution in [0.4, 0.5) is 5.82 Å². The summed E-state index contributed by atoms with van der Waals surface area (Å²) in [6.45, 7) is 5.11. The van der Waals surface area contributed by atoms with E-state index in [-0.39, 0.29) is 5.91 Å². The third-order valence-electron chi connectivity index (χ3n) is 1.13. The average Bonchev–Trinajstić information content (AvgIpc) is 1.93. The molecule has 0 aliphatic rings. The van der Waals surface area contributed by atoms with E-state index in [9.17, 15) is 4.79 Å². The van der Waals surface area contributed by atoms with E-state index in [4.69, 9.17) is 0 Å². The molecular weight excluding hydrogens is 140 g/mol. The Morgan fingerprint density at radius 1 is 1.64 bits per heavy atom. The molecular formula is C8H9N2O. The number of hydrogen-bond acceptors (Lipinski definition) is 2. The molecule has 3 heteroatoms. The number of carbonyl (C=O) groups excluding carboxylic acids is 1. The number of nitrogens with one attached hydrogen (secondary N) is 1. The van der Waals surface area contributed by atoms with Crippen molar-refractivity contribution >= 4 is 11.7 Å². The molecule has 0 spiro atoms. The number of anilines is 1. The number of amides is 1. The maximum absolute atomic E-state index is 10.5. The van der Waals surface area contributed by atoms with Gasteiger partial charge in [0.2, 0.25) is 5.91 Å². The molecule has 0 aliphatic carbocycles. The number of aromatic nitrogens is 1. The number of carbonyl (C=O) groups is 1. The van der Waals surface area contributed by atoms with Gasteiger partial charge < -0.3 is 5.32 Å². The molecule has 0 unspecified atom stereocenters. The quantitative estimate of drug-likeness (QED) is 0.652. The molecule has 57 valence electrons. The minimum atomic E-state index is -0.116. The topological polar surface area (TPSA) is 42.0 Å². The Morgan fingerprint density at radius 2 is 2.36 bits per heavy atom. The highest BCUT2D eigenvalue weighted by Crippen LogP contribution is 2.02. The molecule has 0 fully saturated rings. The van der Waals surface area contributed by atoms with Crippen LogP contribution in [0.25, 0.3) is 0 Å². The van der Waals surface area contributed by atoms with Gasteiger partial charge in [-0.1, -0.05) is 6.07 Å². The fourth-order valence-electron chi connectivity index (χ4n) is 0.679. The van der Waals surface area contributed by atoms with Crippen molar-refractivity contribution in [1.82, 2.24) is 4.98 Å². The largest absolute Gasteiger partial charge is 0.311 e. The molecule has 0 bridgehead atoms. The Balaban J connectivity index is 2.74. The fraction of sp³-hybridized carbons (Fsp3) is 0.125. The molecule has 1 aromatic heterocycles. The van der Waals surface area contributed by atoms with Crippen LogP contribution in [-0.4, -0.2) is 10.9 Å². The van der Waals surface area contributed by atoms with Gasteiger partial charge in [-0.3, -0.25) is 4.79 Å². The van der Waals surface area contributed by atoms with E-state index >= 15 is 0 Å². The summed E-state index contributed by atoms with van der Waals surface area (Å²) in [5, 5.41) is 2.55. The van der Waals surface area contributed by atoms with Gasteiger partial charge >= 0.3 is 0 Å². The van der Waals surface area contributed by atoms with Crippen LogP contribution in [0.5, 0.6) is 0 Å². The molecule has 0 aliphatic heterocycles. The summed E-state index contributed by atoms with van der Waals surface area (Å²) >= 11 is 0. The molecule has 1 aromatic rings. The Kier molecular flexibility index (Phi) is 2.21. The molecule has 1 heterocycles. The van der Waals surface area contributed by atoms with Crippen LogP contribution in [0.1, 0.15) is 12.5 Å². The summed E-state index contributed by atoms with van der Waals surface area (Å²) in [6, 6.07) is 3.50. The summed E-state index contributed by atoms with van der Waals surface area (Å²) in [6.07, 6.45) is 1.60. The third-order valence-corrected chi connectivity index (χ3v) is 1.13. The Bertz CT molecular complexity index is 253. The fourth-order valence-corrected chi connectivity index (χ4v) is 0.679. The lowest BCUT2D eigenvalue weighted by Gasteiger charge is -1.99. The highest BCUT2D eigenvalue weighted by molar-refractivity contribution is 5.87. The third kappa shape index (κ3) is 2.37. The van der Waals surface area contributed by atoms with Crippen LogP contribution in [0, 0.1) is 6.92 Å². The van der Waals surface area contributed by atoms with Crippen LogP contribution in [0.15, 0.2) is 18.3 Å². The number of nitrogens with zero attached hydrogens (tertiary/aromatic N) is 1. The van der Waals surface area contributed by atoms with Gasteiger partial charge in [-0.05, 0) is 18.6 Å². The minimum absolute atomic E-state index is 0.116. The lowest BCUT2D eigenvalue weighted by Crippen LogP contribution is -2.06. The van der Waals surface area contributed by atoms with E-state index in [0.717, 1.165) is 5.56 Å². The second-order valence-corrected chi connectivity index (χ2v) is 2.23. The zero-order valence-electron chi connectivity index (χ0n) is 6.29. The van der Waals surface area contributed by atoms with Crippen molar-refractivity contribution in [3.05, 3.63) is 30.8 Å². The molecule has 1 rings (SSSR count). The van der Waals surface area contributed by atoms with Gasteiger partial charge in [-0.15, -0.1) is 0 Å². The summed E-state index contributed by atoms with van der Waals surface area (Å²) in [7, 11) is 0. The Hall–Kier alpha value is -1.38. The molecule has 0 saturated carbocycles. The minimum Gasteiger partial charge on any atom is -0.311 e. The molecule has 1 radical (unpaired) electrons. The van der Waals surface area contributed by atoms with Crippen molar-refractivity contribution in [1.29, 1.82) is 0 Å². The van der Waals surface area contributed by atoms with Crippen LogP contribution in [0.2, 0.25) is 0 Å². The first-order valence-corrected chi connectivity index (χ1v) is 3.24. The van der Waals surface area contributed by atoms with Crippen molar-refractivity contribution in [2.24, 2.45) is 0 Å². The maximum Gasteiger partial charge on any atom is 0.222 e. The van der Waals surface area contributed by atoms with E-state index in [0.29, 0.717) is 5.82 Å². The van der Waals surface area contributed by atoms with E-state index in [2.05, 4.69) is 17.2 Å². The van der Waals surface area contributed by atoms with Crippen LogP contribution in [0.3, 0.4) is 0 Å². The lowest BCUT2D eigenvalue weighted by molar-refractivity contribution is -0.114. The van der Waals surface area contributed by atoms with Crippen molar-refractivity contribution in [2.75, 3.05) is 5.32 Å². The zero-order chi connectivity index (χ0) is 8.27. The van der Waals surface area contributed by atoms with Crippen LogP contribution >= 0.6 is 0 Å². The molecule has 0 atom stereocenters. The lowest BCUT2D eigenvalue weighted by atomic mass is 10.3. The van der Waals surface area contributed by atoms with Crippen molar-refractivity contribution in [3.8, 4) is 0 Å². The molecule has 0 aromatic carbocycles. The predicted octanol–water partition coefficient (Wildman–Crippen LogP) is 1.22. The highest BCUT2D eigenvalue weighted by Gasteiger charge is 1.93. The number of pyridine rings is 1. The summed E-state index contributed by atoms with van der Waals surface area (Å²) < 4.78 is 0. The average molecular weight is 149 g/mol. The first-order valence-electron chi connectivity index (χ1n) is 3.24. The first kappa shape index (κ1) is 7.72. The van der Waals surface area contributed by atoms with Crippen molar-refractivity contribution in [3.63, 3.8) is 0 Å². The smallest absolute Gasteiger partial charge is 0.222 e. The van der Waals surface area contributed by atoms with E-state index in [1.54, 1.807) is 18.3 Å². The molecule has 1 N–H and O–H groups in total. The Labute approximate surface area is 65.5 Å². The van der Waals surface area contributed by atoms with Gasteiger partial charge in [0.25, 0.3) is 0 Å². The van der Waals surface area contributed by atoms with Gasteiger partial charge in [-0.2, -0.15) is 0 Å². The van der Waals surface area contributed by atoms with Gasteiger partial charge in [0, 0.05) is 13.1 Å². The molecule has 11 heavy (non-hydrogen) atoms. The summed E-state index contributed by atoms with van der Waals surface area (Å²) in [5.41, 5.74) is 0.833. The van der Waals surface area contributed by atoms with E-state index in [1.807, 2.05) is 0 Å². The van der Waals surface area contributed by atoms with Crippen molar-refractivity contribution in [2.45, 2.75) is 6.92 Å². The molecule has 3 nitrogen and oxygen atoms in total. The normalized spacial score (nSPS) is 9.27. The SMILES string of the molecule is [CH2]c1ccc(NC(C)=O)nc1. The monoisotopic (exact) mass is 149 g/mol. The number of rotatable bonds is 1.